The molecule has 0 radical (unpaired) electrons. The van der Waals surface area contributed by atoms with Crippen LogP contribution in [0.1, 0.15) is 26.3 Å². The molecule has 3 nitrogen and oxygen atoms in total. The van der Waals surface area contributed by atoms with Crippen molar-refractivity contribution >= 4 is 11.8 Å². The van der Waals surface area contributed by atoms with Crippen molar-refractivity contribution in [2.75, 3.05) is 7.05 Å². The molecular formula is C16H15NO2. The molecule has 2 aromatic carbocycles. The molecule has 2 rings (SSSR count). The second-order valence-corrected chi connectivity index (χ2v) is 4.35. The van der Waals surface area contributed by atoms with Crippen LogP contribution in [0.2, 0.25) is 0 Å². The van der Waals surface area contributed by atoms with E-state index < -0.39 is 0 Å². The summed E-state index contributed by atoms with van der Waals surface area (Å²) >= 11 is 0. The molecule has 0 N–H and O–H groups in total. The van der Waals surface area contributed by atoms with E-state index in [4.69, 9.17) is 0 Å². The highest BCUT2D eigenvalue weighted by atomic mass is 16.2. The number of nitrogens with zero attached hydrogens (tertiary/aromatic N) is 1. The first-order valence-corrected chi connectivity index (χ1v) is 6.04. The minimum Gasteiger partial charge on any atom is -0.278 e. The fraction of sp³-hybridized carbons (Fsp3) is 0.125. The molecule has 0 bridgehead atoms. The Hall–Kier alpha value is -2.42. The number of hydrogen-bond donors (Lipinski definition) is 0. The summed E-state index contributed by atoms with van der Waals surface area (Å²) in [6, 6.07) is 16.0. The van der Waals surface area contributed by atoms with Crippen molar-refractivity contribution in [3.05, 3.63) is 71.3 Å². The maximum absolute atomic E-state index is 12.3. The van der Waals surface area contributed by atoms with E-state index in [9.17, 15) is 9.59 Å². The lowest BCUT2D eigenvalue weighted by molar-refractivity contribution is 0.0655. The fourth-order valence-corrected chi connectivity index (χ4v) is 1.86. The summed E-state index contributed by atoms with van der Waals surface area (Å²) in [5, 5.41) is 0. The van der Waals surface area contributed by atoms with Crippen LogP contribution in [-0.2, 0) is 0 Å². The first kappa shape index (κ1) is 13.0. The predicted octanol–water partition coefficient (Wildman–Crippen LogP) is 2.91. The van der Waals surface area contributed by atoms with Crippen LogP contribution in [0, 0.1) is 6.92 Å². The van der Waals surface area contributed by atoms with Gasteiger partial charge in [-0.2, -0.15) is 0 Å². The van der Waals surface area contributed by atoms with Gasteiger partial charge in [0.25, 0.3) is 11.8 Å². The lowest BCUT2D eigenvalue weighted by Crippen LogP contribution is -2.33. The van der Waals surface area contributed by atoms with Gasteiger partial charge in [-0.05, 0) is 30.7 Å². The van der Waals surface area contributed by atoms with Gasteiger partial charge in [0.2, 0.25) is 0 Å². The summed E-state index contributed by atoms with van der Waals surface area (Å²) in [7, 11) is 1.50. The highest BCUT2D eigenvalue weighted by molar-refractivity contribution is 6.10. The van der Waals surface area contributed by atoms with E-state index in [0.29, 0.717) is 11.1 Å². The van der Waals surface area contributed by atoms with Crippen LogP contribution in [0.5, 0.6) is 0 Å². The molecule has 0 saturated heterocycles. The average Bonchev–Trinajstić information content (AvgIpc) is 2.46. The topological polar surface area (TPSA) is 37.4 Å². The first-order valence-electron chi connectivity index (χ1n) is 6.04. The third kappa shape index (κ3) is 2.71. The molecule has 0 unspecified atom stereocenters. The summed E-state index contributed by atoms with van der Waals surface area (Å²) in [6.07, 6.45) is 0. The van der Waals surface area contributed by atoms with E-state index in [1.165, 1.54) is 7.05 Å². The molecule has 3 heteroatoms. The smallest absolute Gasteiger partial charge is 0.260 e. The van der Waals surface area contributed by atoms with Crippen molar-refractivity contribution in [1.29, 1.82) is 0 Å². The van der Waals surface area contributed by atoms with Crippen molar-refractivity contribution in [2.24, 2.45) is 0 Å². The number of imide groups is 1. The second-order valence-electron chi connectivity index (χ2n) is 4.35. The molecule has 0 aromatic heterocycles. The summed E-state index contributed by atoms with van der Waals surface area (Å²) in [4.78, 5) is 25.6. The van der Waals surface area contributed by atoms with Crippen LogP contribution < -0.4 is 0 Å². The van der Waals surface area contributed by atoms with Crippen LogP contribution in [0.3, 0.4) is 0 Å². The molecule has 2 amide bonds. The zero-order chi connectivity index (χ0) is 13.8. The first-order chi connectivity index (χ1) is 9.11. The average molecular weight is 253 g/mol. The maximum atomic E-state index is 12.3. The number of aryl methyl sites for hydroxylation is 1. The van der Waals surface area contributed by atoms with Gasteiger partial charge < -0.3 is 0 Å². The monoisotopic (exact) mass is 253 g/mol. The predicted molar refractivity (Wildman–Crippen MR) is 74.0 cm³/mol. The third-order valence-corrected chi connectivity index (χ3v) is 3.01. The van der Waals surface area contributed by atoms with E-state index in [2.05, 4.69) is 0 Å². The van der Waals surface area contributed by atoms with Gasteiger partial charge in [0.05, 0.1) is 0 Å². The Labute approximate surface area is 112 Å². The van der Waals surface area contributed by atoms with Crippen LogP contribution in [0.15, 0.2) is 54.6 Å². The Bertz CT molecular complexity index is 605. The Kier molecular flexibility index (Phi) is 3.76. The molecule has 0 fully saturated rings. The molecule has 0 aliphatic heterocycles. The van der Waals surface area contributed by atoms with Gasteiger partial charge in [0.15, 0.2) is 0 Å². The number of benzene rings is 2. The van der Waals surface area contributed by atoms with Crippen molar-refractivity contribution < 1.29 is 9.59 Å². The van der Waals surface area contributed by atoms with Crippen LogP contribution in [0.25, 0.3) is 0 Å². The SMILES string of the molecule is Cc1ccccc1C(=O)N(C)C(=O)c1ccccc1. The molecule has 0 aliphatic carbocycles. The Morgan fingerprint density at radius 1 is 0.842 bits per heavy atom. The van der Waals surface area contributed by atoms with Crippen molar-refractivity contribution in [1.82, 2.24) is 4.90 Å². The normalized spacial score (nSPS) is 10.0. The highest BCUT2D eigenvalue weighted by Crippen LogP contribution is 2.12. The number of hydrogen-bond acceptors (Lipinski definition) is 2. The summed E-state index contributed by atoms with van der Waals surface area (Å²) in [6.45, 7) is 1.86. The molecule has 0 saturated carbocycles. The van der Waals surface area contributed by atoms with Gasteiger partial charge >= 0.3 is 0 Å². The largest absolute Gasteiger partial charge is 0.278 e. The molecule has 2 aromatic rings. The number of amides is 2. The lowest BCUT2D eigenvalue weighted by Gasteiger charge is -2.16. The van der Waals surface area contributed by atoms with Crippen LogP contribution >= 0.6 is 0 Å². The minimum absolute atomic E-state index is 0.285. The lowest BCUT2D eigenvalue weighted by atomic mass is 10.1. The van der Waals surface area contributed by atoms with E-state index >= 15 is 0 Å². The molecule has 96 valence electrons. The molecule has 19 heavy (non-hydrogen) atoms. The van der Waals surface area contributed by atoms with Gasteiger partial charge in [0, 0.05) is 18.2 Å². The fourth-order valence-electron chi connectivity index (χ4n) is 1.86. The van der Waals surface area contributed by atoms with E-state index in [1.54, 1.807) is 36.4 Å². The Morgan fingerprint density at radius 2 is 1.42 bits per heavy atom. The van der Waals surface area contributed by atoms with Crippen molar-refractivity contribution in [3.8, 4) is 0 Å². The molecular weight excluding hydrogens is 238 g/mol. The highest BCUT2D eigenvalue weighted by Gasteiger charge is 2.20. The number of carbonyl (C=O) groups excluding carboxylic acids is 2. The molecule has 0 spiro atoms. The van der Waals surface area contributed by atoms with Gasteiger partial charge in [-0.15, -0.1) is 0 Å². The molecule has 0 aliphatic rings. The van der Waals surface area contributed by atoms with Gasteiger partial charge in [-0.1, -0.05) is 36.4 Å². The summed E-state index contributed by atoms with van der Waals surface area (Å²) < 4.78 is 0. The van der Waals surface area contributed by atoms with E-state index in [0.717, 1.165) is 10.5 Å². The quantitative estimate of drug-likeness (QED) is 0.772. The molecule has 0 atom stereocenters. The zero-order valence-corrected chi connectivity index (χ0v) is 11.0. The summed E-state index contributed by atoms with van der Waals surface area (Å²) in [5.41, 5.74) is 1.92. The second kappa shape index (κ2) is 5.48. The minimum atomic E-state index is -0.297. The number of carbonyl (C=O) groups is 2. The van der Waals surface area contributed by atoms with Crippen LogP contribution in [0.4, 0.5) is 0 Å². The van der Waals surface area contributed by atoms with Crippen LogP contribution in [-0.4, -0.2) is 23.8 Å². The van der Waals surface area contributed by atoms with E-state index in [1.807, 2.05) is 25.1 Å². The van der Waals surface area contributed by atoms with Gasteiger partial charge in [-0.25, -0.2) is 0 Å². The standard InChI is InChI=1S/C16H15NO2/c1-12-8-6-7-11-14(12)16(19)17(2)15(18)13-9-4-3-5-10-13/h3-11H,1-2H3. The van der Waals surface area contributed by atoms with E-state index in [-0.39, 0.29) is 11.8 Å². The van der Waals surface area contributed by atoms with Gasteiger partial charge in [-0.3, -0.25) is 14.5 Å². The third-order valence-electron chi connectivity index (χ3n) is 3.01. The van der Waals surface area contributed by atoms with Gasteiger partial charge in [0.1, 0.15) is 0 Å². The Morgan fingerprint density at radius 3 is 2.05 bits per heavy atom. The zero-order valence-electron chi connectivity index (χ0n) is 11.0. The van der Waals surface area contributed by atoms with Crippen molar-refractivity contribution in [3.63, 3.8) is 0 Å². The van der Waals surface area contributed by atoms with Crippen molar-refractivity contribution in [2.45, 2.75) is 6.92 Å². The molecule has 0 heterocycles. The number of rotatable bonds is 2. The Balaban J connectivity index is 2.26. The maximum Gasteiger partial charge on any atom is 0.260 e. The summed E-state index contributed by atoms with van der Waals surface area (Å²) in [5.74, 6) is -0.583.